The van der Waals surface area contributed by atoms with Crippen LogP contribution in [0.4, 0.5) is 5.69 Å². The van der Waals surface area contributed by atoms with Gasteiger partial charge in [0.1, 0.15) is 73.1 Å². The lowest BCUT2D eigenvalue weighted by atomic mass is 9.78. The number of aliphatic hydroxyl groups excluding tert-OH is 4. The molecule has 3 unspecified atom stereocenters. The molecule has 1 fully saturated rings. The first-order chi connectivity index (χ1) is 25.0. The molecule has 1 aromatic carbocycles. The first kappa shape index (κ1) is 35.2. The normalized spacial score (nSPS) is 30.4. The fraction of sp³-hybridized carbons (Fsp3) is 0.500. The van der Waals surface area contributed by atoms with E-state index in [1.807, 2.05) is 19.1 Å². The van der Waals surface area contributed by atoms with Crippen molar-refractivity contribution in [2.75, 3.05) is 26.3 Å². The number of aliphatic hydroxyl groups is 5. The van der Waals surface area contributed by atoms with Crippen LogP contribution in [0.15, 0.2) is 79.9 Å². The molecule has 14 heteroatoms. The van der Waals surface area contributed by atoms with Crippen LogP contribution in [-0.2, 0) is 16.2 Å². The van der Waals surface area contributed by atoms with Crippen LogP contribution in [-0.4, -0.2) is 105 Å². The Morgan fingerprint density at radius 1 is 1.13 bits per heavy atom. The molecule has 1 aliphatic carbocycles. The highest BCUT2D eigenvalue weighted by Crippen LogP contribution is 2.48. The number of aryl methyl sites for hydroxylation is 1. The Morgan fingerprint density at radius 2 is 1.94 bits per heavy atom. The summed E-state index contributed by atoms with van der Waals surface area (Å²) in [5.74, 6) is 1.23. The number of ether oxygens (including phenoxy) is 1. The molecule has 0 amide bonds. The maximum atomic E-state index is 13.4. The van der Waals surface area contributed by atoms with Gasteiger partial charge in [0.15, 0.2) is 22.8 Å². The number of nitrogens with one attached hydrogen (secondary N) is 2. The molecule has 1 aromatic heterocycles. The zero-order valence-corrected chi connectivity index (χ0v) is 29.2. The van der Waals surface area contributed by atoms with Crippen molar-refractivity contribution in [3.63, 3.8) is 0 Å². The van der Waals surface area contributed by atoms with Crippen molar-refractivity contribution in [2.45, 2.75) is 87.6 Å². The number of fused-ring (bicyclic) bond motifs is 4. The summed E-state index contributed by atoms with van der Waals surface area (Å²) in [5, 5.41) is 54.6. The Morgan fingerprint density at radius 3 is 2.71 bits per heavy atom. The first-order valence-electron chi connectivity index (χ1n) is 18.0. The van der Waals surface area contributed by atoms with Crippen LogP contribution in [0.25, 0.3) is 11.0 Å². The van der Waals surface area contributed by atoms with Gasteiger partial charge in [0, 0.05) is 42.4 Å². The molecule has 1 saturated carbocycles. The maximum Gasteiger partial charge on any atom is 0.222 e. The molecule has 0 spiro atoms. The van der Waals surface area contributed by atoms with Crippen LogP contribution >= 0.6 is 0 Å². The highest BCUT2D eigenvalue weighted by Gasteiger charge is 2.53. The minimum Gasteiger partial charge on any atom is -0.478 e. The molecule has 52 heavy (non-hydrogen) atoms. The van der Waals surface area contributed by atoms with E-state index in [2.05, 4.69) is 16.2 Å². The molecule has 14 nitrogen and oxygen atoms in total. The van der Waals surface area contributed by atoms with E-state index < -0.39 is 48.8 Å². The number of hydrogen-bond donors (Lipinski definition) is 7. The molecule has 8 rings (SSSR count). The van der Waals surface area contributed by atoms with E-state index in [0.29, 0.717) is 40.3 Å². The van der Waals surface area contributed by atoms with E-state index in [1.165, 1.54) is 6.07 Å². The van der Waals surface area contributed by atoms with E-state index in [4.69, 9.17) is 18.9 Å². The van der Waals surface area contributed by atoms with Crippen LogP contribution in [0.2, 0.25) is 0 Å². The summed E-state index contributed by atoms with van der Waals surface area (Å²) in [4.78, 5) is 35.7. The van der Waals surface area contributed by atoms with Gasteiger partial charge in [0.2, 0.25) is 11.3 Å². The Hall–Kier alpha value is -3.83. The molecule has 276 valence electrons. The number of aliphatic imine (C=N–C) groups is 2. The van der Waals surface area contributed by atoms with Crippen molar-refractivity contribution in [3.05, 3.63) is 82.3 Å². The van der Waals surface area contributed by atoms with E-state index in [-0.39, 0.29) is 23.9 Å². The topological polar surface area (TPSA) is 193 Å². The van der Waals surface area contributed by atoms with Gasteiger partial charge in [-0.2, -0.15) is 0 Å². The smallest absolute Gasteiger partial charge is 0.222 e. The number of benzene rings is 1. The Bertz CT molecular complexity index is 2000. The molecular formula is C38H46N4O10+2. The number of allylic oxidation sites excluding steroid dienone is 1. The second kappa shape index (κ2) is 13.5. The standard InChI is InChI=1S/C38H44N4O10/c1-21-13-29(44)25-14-23-15-32(52-49-19-31(46)38(48,36(47)30(45)18-43)20-41-12-9-26-28(41)8-11-39-26)37(2,24-5-3-4-6-24)51-34(23)33(35(25)50-21)42-16-22-7-10-40-27(22)17-42/h7-14,16,24,28,30-32,36,43,45-48H,3-6,15,17-20H2,1-2H3/p+2/t28?,30-,31+,32-,36-,37-,38-/m1/s1. The molecular weight excluding hydrogens is 672 g/mol. The van der Waals surface area contributed by atoms with E-state index in [1.54, 1.807) is 37.7 Å². The third kappa shape index (κ3) is 5.92. The summed E-state index contributed by atoms with van der Waals surface area (Å²) in [5.41, 5.74) is 1.31. The van der Waals surface area contributed by atoms with Crippen molar-refractivity contribution in [2.24, 2.45) is 15.9 Å². The zero-order chi connectivity index (χ0) is 36.4. The summed E-state index contributed by atoms with van der Waals surface area (Å²) in [7, 11) is 0. The van der Waals surface area contributed by atoms with E-state index >= 15 is 0 Å². The number of rotatable bonds is 12. The predicted octanol–water partition coefficient (Wildman–Crippen LogP) is -0.761. The zero-order valence-electron chi connectivity index (χ0n) is 29.2. The van der Waals surface area contributed by atoms with E-state index in [0.717, 1.165) is 58.8 Å². The fourth-order valence-electron chi connectivity index (χ4n) is 8.73. The average Bonchev–Trinajstić information content (AvgIpc) is 3.96. The van der Waals surface area contributed by atoms with Gasteiger partial charge in [-0.3, -0.25) is 24.6 Å². The summed E-state index contributed by atoms with van der Waals surface area (Å²) >= 11 is 0. The van der Waals surface area contributed by atoms with Crippen LogP contribution in [0.5, 0.6) is 5.75 Å². The monoisotopic (exact) mass is 718 g/mol. The van der Waals surface area contributed by atoms with Gasteiger partial charge in [-0.25, -0.2) is 9.78 Å². The summed E-state index contributed by atoms with van der Waals surface area (Å²) in [6.45, 7) is 2.70. The minimum absolute atomic E-state index is 0.102. The Kier molecular flexibility index (Phi) is 9.17. The van der Waals surface area contributed by atoms with Crippen molar-refractivity contribution in [1.29, 1.82) is 0 Å². The van der Waals surface area contributed by atoms with Gasteiger partial charge >= 0.3 is 0 Å². The summed E-state index contributed by atoms with van der Waals surface area (Å²) in [6, 6.07) is 3.05. The van der Waals surface area contributed by atoms with Gasteiger partial charge < -0.3 is 34.7 Å². The lowest BCUT2D eigenvalue weighted by molar-refractivity contribution is -0.861. The minimum atomic E-state index is -2.31. The van der Waals surface area contributed by atoms with Gasteiger partial charge in [-0.1, -0.05) is 12.8 Å². The van der Waals surface area contributed by atoms with Gasteiger partial charge in [0.25, 0.3) is 0 Å². The van der Waals surface area contributed by atoms with Crippen LogP contribution in [0.3, 0.4) is 0 Å². The molecule has 9 atom stereocenters. The molecule has 5 aliphatic heterocycles. The SMILES string of the molecule is Cc1cc(=O)c2cc3c(c([NH+]4C=C5C=CN=C5C4)c2o1)O[C@](C)(C1CCCC1)[C@H](OOC[C@H](O)[C@](O)(C[NH+]1C=CC2=NC=CC21)[C@H](O)[C@H](O)CO)C3. The van der Waals surface area contributed by atoms with Crippen molar-refractivity contribution >= 4 is 28.1 Å². The number of nitrogens with zero attached hydrogens (tertiary/aromatic N) is 2. The molecule has 0 bridgehead atoms. The van der Waals surface area contributed by atoms with Crippen LogP contribution < -0.4 is 20.0 Å². The molecule has 0 saturated heterocycles. The number of quaternary nitrogens is 2. The van der Waals surface area contributed by atoms with Crippen LogP contribution in [0.1, 0.15) is 43.9 Å². The highest BCUT2D eigenvalue weighted by atomic mass is 17.2. The Labute approximate surface area is 299 Å². The molecule has 6 aliphatic rings. The summed E-state index contributed by atoms with van der Waals surface area (Å²) < 4.78 is 13.4. The highest BCUT2D eigenvalue weighted by molar-refractivity contribution is 6.07. The quantitative estimate of drug-likeness (QED) is 0.108. The lowest BCUT2D eigenvalue weighted by Gasteiger charge is -2.45. The average molecular weight is 719 g/mol. The fourth-order valence-corrected chi connectivity index (χ4v) is 8.73. The van der Waals surface area contributed by atoms with Gasteiger partial charge in [-0.15, -0.1) is 0 Å². The predicted molar refractivity (Wildman–Crippen MR) is 188 cm³/mol. The summed E-state index contributed by atoms with van der Waals surface area (Å²) in [6.07, 6.45) is 11.0. The van der Waals surface area contributed by atoms with Gasteiger partial charge in [0.05, 0.1) is 23.8 Å². The Balaban J connectivity index is 1.09. The van der Waals surface area contributed by atoms with Crippen molar-refractivity contribution in [3.8, 4) is 5.75 Å². The second-order valence-electron chi connectivity index (χ2n) is 15.0. The van der Waals surface area contributed by atoms with Crippen LogP contribution in [0, 0.1) is 12.8 Å². The first-order valence-corrected chi connectivity index (χ1v) is 18.0. The molecule has 7 N–H and O–H groups in total. The second-order valence-corrected chi connectivity index (χ2v) is 15.0. The van der Waals surface area contributed by atoms with Crippen molar-refractivity contribution < 1.29 is 54.3 Å². The molecule has 2 aromatic rings. The van der Waals surface area contributed by atoms with E-state index in [9.17, 15) is 30.3 Å². The molecule has 0 radical (unpaired) electrons. The lowest BCUT2D eigenvalue weighted by Crippen LogP contribution is -3.13. The maximum absolute atomic E-state index is 13.4. The largest absolute Gasteiger partial charge is 0.478 e. The van der Waals surface area contributed by atoms with Gasteiger partial charge in [-0.05, 0) is 44.9 Å². The van der Waals surface area contributed by atoms with Crippen molar-refractivity contribution in [1.82, 2.24) is 0 Å². The third-order valence-electron chi connectivity index (χ3n) is 11.8. The molecule has 6 heterocycles. The third-order valence-corrected chi connectivity index (χ3v) is 11.8. The number of hydrogen-bond acceptors (Lipinski definition) is 12.